The lowest BCUT2D eigenvalue weighted by Crippen LogP contribution is -2.56. The summed E-state index contributed by atoms with van der Waals surface area (Å²) in [5, 5.41) is 12.2. The lowest BCUT2D eigenvalue weighted by atomic mass is 9.77. The highest BCUT2D eigenvalue weighted by Gasteiger charge is 2.37. The van der Waals surface area contributed by atoms with Crippen LogP contribution in [0, 0.1) is 0 Å². The molecule has 3 nitrogen and oxygen atoms in total. The van der Waals surface area contributed by atoms with Crippen LogP contribution in [0.3, 0.4) is 0 Å². The van der Waals surface area contributed by atoms with E-state index in [2.05, 4.69) is 12.2 Å². The molecule has 0 unspecified atom stereocenters. The molecule has 0 radical (unpaired) electrons. The number of aliphatic hydroxyl groups excluding tert-OH is 1. The number of carbonyl (C=O) groups excluding carboxylic acids is 1. The molecule has 0 heterocycles. The van der Waals surface area contributed by atoms with Crippen molar-refractivity contribution in [1.29, 1.82) is 0 Å². The minimum absolute atomic E-state index is 0.0925. The standard InChI is InChI=1S/C14H27NO2/c1-2-3-4-5-6-7-9-13(17)15-14(12-16)10-8-11-14/h16H,2-12H2,1H3,(H,15,17). The van der Waals surface area contributed by atoms with Crippen molar-refractivity contribution < 1.29 is 9.90 Å². The number of carbonyl (C=O) groups is 1. The van der Waals surface area contributed by atoms with Crippen LogP contribution in [-0.4, -0.2) is 23.2 Å². The Balaban J connectivity index is 2.01. The minimum Gasteiger partial charge on any atom is -0.394 e. The number of hydrogen-bond acceptors (Lipinski definition) is 2. The molecule has 1 fully saturated rings. The van der Waals surface area contributed by atoms with Crippen molar-refractivity contribution in [2.45, 2.75) is 76.7 Å². The van der Waals surface area contributed by atoms with Crippen LogP contribution in [0.25, 0.3) is 0 Å². The van der Waals surface area contributed by atoms with Crippen LogP contribution in [0.5, 0.6) is 0 Å². The average Bonchev–Trinajstić information content (AvgIpc) is 2.28. The maximum Gasteiger partial charge on any atom is 0.220 e. The third kappa shape index (κ3) is 5.07. The summed E-state index contributed by atoms with van der Waals surface area (Å²) >= 11 is 0. The molecule has 17 heavy (non-hydrogen) atoms. The van der Waals surface area contributed by atoms with Gasteiger partial charge in [-0.2, -0.15) is 0 Å². The predicted octanol–water partition coefficient (Wildman–Crippen LogP) is 2.77. The zero-order valence-electron chi connectivity index (χ0n) is 11.1. The van der Waals surface area contributed by atoms with E-state index < -0.39 is 0 Å². The summed E-state index contributed by atoms with van der Waals surface area (Å²) in [6.07, 6.45) is 10.9. The van der Waals surface area contributed by atoms with E-state index in [1.807, 2.05) is 0 Å². The van der Waals surface area contributed by atoms with E-state index in [1.54, 1.807) is 0 Å². The van der Waals surface area contributed by atoms with Crippen LogP contribution in [0.1, 0.15) is 71.1 Å². The van der Waals surface area contributed by atoms with Crippen LogP contribution >= 0.6 is 0 Å². The Labute approximate surface area is 105 Å². The summed E-state index contributed by atoms with van der Waals surface area (Å²) in [5.74, 6) is 0.120. The largest absolute Gasteiger partial charge is 0.394 e. The summed E-state index contributed by atoms with van der Waals surface area (Å²) < 4.78 is 0. The Kier molecular flexibility index (Phi) is 6.56. The molecule has 0 aromatic rings. The van der Waals surface area contributed by atoms with Gasteiger partial charge in [-0.1, -0.05) is 39.0 Å². The normalized spacial score (nSPS) is 17.5. The van der Waals surface area contributed by atoms with E-state index in [0.29, 0.717) is 6.42 Å². The van der Waals surface area contributed by atoms with Gasteiger partial charge in [0, 0.05) is 6.42 Å². The van der Waals surface area contributed by atoms with Crippen molar-refractivity contribution >= 4 is 5.91 Å². The fourth-order valence-corrected chi connectivity index (χ4v) is 2.35. The molecule has 0 spiro atoms. The lowest BCUT2D eigenvalue weighted by Gasteiger charge is -2.41. The van der Waals surface area contributed by atoms with Gasteiger partial charge in [0.15, 0.2) is 0 Å². The number of aliphatic hydroxyl groups is 1. The molecular formula is C14H27NO2. The fraction of sp³-hybridized carbons (Fsp3) is 0.929. The molecule has 2 N–H and O–H groups in total. The monoisotopic (exact) mass is 241 g/mol. The van der Waals surface area contributed by atoms with Gasteiger partial charge in [0.1, 0.15) is 0 Å². The van der Waals surface area contributed by atoms with Gasteiger partial charge in [-0.15, -0.1) is 0 Å². The van der Waals surface area contributed by atoms with E-state index in [1.165, 1.54) is 25.7 Å². The lowest BCUT2D eigenvalue weighted by molar-refractivity contribution is -0.125. The van der Waals surface area contributed by atoms with Crippen molar-refractivity contribution in [1.82, 2.24) is 5.32 Å². The minimum atomic E-state index is -0.265. The number of rotatable bonds is 9. The number of amides is 1. The third-order valence-corrected chi connectivity index (χ3v) is 3.78. The zero-order valence-corrected chi connectivity index (χ0v) is 11.1. The number of hydrogen-bond donors (Lipinski definition) is 2. The number of unbranched alkanes of at least 4 members (excludes halogenated alkanes) is 5. The first-order chi connectivity index (χ1) is 8.22. The van der Waals surface area contributed by atoms with E-state index in [0.717, 1.165) is 32.1 Å². The zero-order chi connectivity index (χ0) is 12.6. The molecule has 0 aromatic carbocycles. The van der Waals surface area contributed by atoms with Gasteiger partial charge >= 0.3 is 0 Å². The first kappa shape index (κ1) is 14.5. The molecule has 0 aromatic heterocycles. The van der Waals surface area contributed by atoms with Crippen molar-refractivity contribution in [3.63, 3.8) is 0 Å². The van der Waals surface area contributed by atoms with E-state index >= 15 is 0 Å². The molecule has 1 amide bonds. The van der Waals surface area contributed by atoms with Crippen LogP contribution in [0.15, 0.2) is 0 Å². The van der Waals surface area contributed by atoms with Crippen LogP contribution < -0.4 is 5.32 Å². The summed E-state index contributed by atoms with van der Waals surface area (Å²) in [4.78, 5) is 11.7. The molecule has 1 saturated carbocycles. The second-order valence-corrected chi connectivity index (χ2v) is 5.36. The molecule has 3 heteroatoms. The number of nitrogens with one attached hydrogen (secondary N) is 1. The molecule has 100 valence electrons. The molecule has 0 atom stereocenters. The van der Waals surface area contributed by atoms with E-state index in [9.17, 15) is 9.90 Å². The Morgan fingerprint density at radius 2 is 1.82 bits per heavy atom. The van der Waals surface area contributed by atoms with Crippen molar-refractivity contribution in [2.24, 2.45) is 0 Å². The van der Waals surface area contributed by atoms with Crippen LogP contribution in [-0.2, 0) is 4.79 Å². The quantitative estimate of drug-likeness (QED) is 0.610. The van der Waals surface area contributed by atoms with Crippen LogP contribution in [0.4, 0.5) is 0 Å². The molecule has 1 rings (SSSR count). The molecule has 0 aliphatic heterocycles. The predicted molar refractivity (Wildman–Crippen MR) is 69.8 cm³/mol. The Bertz CT molecular complexity index is 219. The fourth-order valence-electron chi connectivity index (χ4n) is 2.35. The van der Waals surface area contributed by atoms with Crippen molar-refractivity contribution in [3.05, 3.63) is 0 Å². The summed E-state index contributed by atoms with van der Waals surface area (Å²) in [6.45, 7) is 2.30. The maximum absolute atomic E-state index is 11.7. The molecule has 0 bridgehead atoms. The van der Waals surface area contributed by atoms with E-state index in [-0.39, 0.29) is 18.1 Å². The SMILES string of the molecule is CCCCCCCCC(=O)NC1(CO)CCC1. The van der Waals surface area contributed by atoms with Gasteiger partial charge in [0.25, 0.3) is 0 Å². The van der Waals surface area contributed by atoms with E-state index in [4.69, 9.17) is 0 Å². The average molecular weight is 241 g/mol. The topological polar surface area (TPSA) is 49.3 Å². The van der Waals surface area contributed by atoms with Gasteiger partial charge in [0.05, 0.1) is 12.1 Å². The van der Waals surface area contributed by atoms with Crippen molar-refractivity contribution in [2.75, 3.05) is 6.61 Å². The maximum atomic E-state index is 11.7. The van der Waals surface area contributed by atoms with Gasteiger partial charge < -0.3 is 10.4 Å². The van der Waals surface area contributed by atoms with Gasteiger partial charge in [-0.25, -0.2) is 0 Å². The highest BCUT2D eigenvalue weighted by atomic mass is 16.3. The van der Waals surface area contributed by atoms with Gasteiger partial charge in [-0.05, 0) is 25.7 Å². The van der Waals surface area contributed by atoms with Crippen LogP contribution in [0.2, 0.25) is 0 Å². The Hall–Kier alpha value is -0.570. The van der Waals surface area contributed by atoms with Gasteiger partial charge in [-0.3, -0.25) is 4.79 Å². The molecular weight excluding hydrogens is 214 g/mol. The second kappa shape index (κ2) is 7.70. The molecule has 1 aliphatic rings. The third-order valence-electron chi connectivity index (χ3n) is 3.78. The first-order valence-corrected chi connectivity index (χ1v) is 7.14. The second-order valence-electron chi connectivity index (χ2n) is 5.36. The Morgan fingerprint density at radius 1 is 1.18 bits per heavy atom. The summed E-state index contributed by atoms with van der Waals surface area (Å²) in [5.41, 5.74) is -0.265. The molecule has 1 aliphatic carbocycles. The van der Waals surface area contributed by atoms with Gasteiger partial charge in [0.2, 0.25) is 5.91 Å². The highest BCUT2D eigenvalue weighted by molar-refractivity contribution is 5.76. The first-order valence-electron chi connectivity index (χ1n) is 7.14. The summed E-state index contributed by atoms with van der Waals surface area (Å²) in [7, 11) is 0. The summed E-state index contributed by atoms with van der Waals surface area (Å²) in [6, 6.07) is 0. The Morgan fingerprint density at radius 3 is 2.35 bits per heavy atom. The van der Waals surface area contributed by atoms with Crippen molar-refractivity contribution in [3.8, 4) is 0 Å². The highest BCUT2D eigenvalue weighted by Crippen LogP contribution is 2.31. The molecule has 0 saturated heterocycles. The smallest absolute Gasteiger partial charge is 0.220 e.